The average molecular weight is 341 g/mol. The van der Waals surface area contributed by atoms with Crippen molar-refractivity contribution < 1.29 is 14.3 Å². The number of pyridine rings is 1. The summed E-state index contributed by atoms with van der Waals surface area (Å²) >= 11 is 0. The minimum Gasteiger partial charge on any atom is -0.478 e. The molecule has 1 aliphatic heterocycles. The van der Waals surface area contributed by atoms with Gasteiger partial charge in [0.15, 0.2) is 0 Å². The Kier molecular flexibility index (Phi) is 5.85. The Hall–Kier alpha value is -2.60. The molecule has 6 heteroatoms. The van der Waals surface area contributed by atoms with E-state index in [-0.39, 0.29) is 12.1 Å². The van der Waals surface area contributed by atoms with E-state index in [1.54, 1.807) is 6.20 Å². The Balaban J connectivity index is 1.67. The Bertz CT molecular complexity index is 693. The van der Waals surface area contributed by atoms with Crippen molar-refractivity contribution in [2.24, 2.45) is 0 Å². The highest BCUT2D eigenvalue weighted by molar-refractivity contribution is 5.75. The molecule has 0 aliphatic carbocycles. The Morgan fingerprint density at radius 1 is 1.32 bits per heavy atom. The zero-order valence-electron chi connectivity index (χ0n) is 14.4. The first kappa shape index (κ1) is 17.2. The smallest absolute Gasteiger partial charge is 0.318 e. The van der Waals surface area contributed by atoms with Crippen LogP contribution in [0.3, 0.4) is 0 Å². The minimum absolute atomic E-state index is 0.0739. The summed E-state index contributed by atoms with van der Waals surface area (Å²) in [5, 5.41) is 2.98. The van der Waals surface area contributed by atoms with E-state index < -0.39 is 0 Å². The van der Waals surface area contributed by atoms with E-state index in [9.17, 15) is 4.79 Å². The van der Waals surface area contributed by atoms with Gasteiger partial charge in [-0.05, 0) is 18.6 Å². The molecule has 1 saturated heterocycles. The van der Waals surface area contributed by atoms with Crippen LogP contribution in [0.15, 0.2) is 48.7 Å². The van der Waals surface area contributed by atoms with Crippen LogP contribution in [0.25, 0.3) is 0 Å². The van der Waals surface area contributed by atoms with E-state index in [4.69, 9.17) is 9.47 Å². The monoisotopic (exact) mass is 341 g/mol. The van der Waals surface area contributed by atoms with Gasteiger partial charge in [-0.1, -0.05) is 36.4 Å². The number of aromatic nitrogens is 1. The third kappa shape index (κ3) is 4.28. The van der Waals surface area contributed by atoms with Gasteiger partial charge >= 0.3 is 6.03 Å². The van der Waals surface area contributed by atoms with Gasteiger partial charge in [0, 0.05) is 24.8 Å². The van der Waals surface area contributed by atoms with Crippen molar-refractivity contribution in [3.05, 3.63) is 59.8 Å². The molecule has 0 saturated carbocycles. The van der Waals surface area contributed by atoms with Crippen LogP contribution in [0.1, 0.15) is 24.1 Å². The Morgan fingerprint density at radius 3 is 2.96 bits per heavy atom. The van der Waals surface area contributed by atoms with E-state index in [0.717, 1.165) is 11.1 Å². The second-order valence-electron chi connectivity index (χ2n) is 5.75. The molecule has 3 rings (SSSR count). The molecule has 1 fully saturated rings. The lowest BCUT2D eigenvalue weighted by Crippen LogP contribution is -2.47. The van der Waals surface area contributed by atoms with Crippen LogP contribution in [0, 0.1) is 0 Å². The van der Waals surface area contributed by atoms with Crippen LogP contribution in [-0.2, 0) is 11.3 Å². The molecule has 132 valence electrons. The lowest BCUT2D eigenvalue weighted by molar-refractivity contribution is 0.0116. The molecule has 25 heavy (non-hydrogen) atoms. The summed E-state index contributed by atoms with van der Waals surface area (Å²) in [5.41, 5.74) is 1.94. The number of nitrogens with zero attached hydrogens (tertiary/aromatic N) is 2. The Morgan fingerprint density at radius 2 is 2.16 bits per heavy atom. The normalized spacial score (nSPS) is 17.2. The first-order chi connectivity index (χ1) is 12.3. The van der Waals surface area contributed by atoms with E-state index in [0.29, 0.717) is 38.8 Å². The predicted octanol–water partition coefficient (Wildman–Crippen LogP) is 2.76. The number of hydrogen-bond donors (Lipinski definition) is 1. The molecule has 1 N–H and O–H groups in total. The standard InChI is InChI=1S/C19H23N3O3/c1-2-25-18-16(9-6-10-20-18)13-21-19(23)22-11-12-24-14-17(22)15-7-4-3-5-8-15/h3-10,17H,2,11-14H2,1H3,(H,21,23)/t17-/m0/s1. The SMILES string of the molecule is CCOc1ncccc1CNC(=O)N1CCOC[C@H]1c1ccccc1. The molecule has 0 unspecified atom stereocenters. The highest BCUT2D eigenvalue weighted by Gasteiger charge is 2.28. The van der Waals surface area contributed by atoms with Gasteiger partial charge in [-0.15, -0.1) is 0 Å². The maximum atomic E-state index is 12.7. The van der Waals surface area contributed by atoms with Gasteiger partial charge in [-0.25, -0.2) is 9.78 Å². The molecule has 6 nitrogen and oxygen atoms in total. The van der Waals surface area contributed by atoms with Gasteiger partial charge in [-0.3, -0.25) is 0 Å². The fourth-order valence-corrected chi connectivity index (χ4v) is 2.90. The van der Waals surface area contributed by atoms with Crippen LogP contribution in [0.5, 0.6) is 5.88 Å². The molecule has 1 atom stereocenters. The first-order valence-electron chi connectivity index (χ1n) is 8.53. The maximum absolute atomic E-state index is 12.7. The quantitative estimate of drug-likeness (QED) is 0.908. The molecule has 1 aliphatic rings. The second kappa shape index (κ2) is 8.48. The van der Waals surface area contributed by atoms with Crippen molar-refractivity contribution in [1.82, 2.24) is 15.2 Å². The fourth-order valence-electron chi connectivity index (χ4n) is 2.90. The van der Waals surface area contributed by atoms with Crippen molar-refractivity contribution in [3.63, 3.8) is 0 Å². The number of amides is 2. The maximum Gasteiger partial charge on any atom is 0.318 e. The van der Waals surface area contributed by atoms with Crippen LogP contribution < -0.4 is 10.1 Å². The van der Waals surface area contributed by atoms with Gasteiger partial charge in [0.05, 0.1) is 25.9 Å². The average Bonchev–Trinajstić information content (AvgIpc) is 2.68. The van der Waals surface area contributed by atoms with Crippen molar-refractivity contribution in [2.45, 2.75) is 19.5 Å². The van der Waals surface area contributed by atoms with Crippen molar-refractivity contribution in [2.75, 3.05) is 26.4 Å². The van der Waals surface area contributed by atoms with Gasteiger partial charge in [0.2, 0.25) is 5.88 Å². The van der Waals surface area contributed by atoms with Gasteiger partial charge < -0.3 is 19.7 Å². The number of carbonyl (C=O) groups excluding carboxylic acids is 1. The molecular weight excluding hydrogens is 318 g/mol. The summed E-state index contributed by atoms with van der Waals surface area (Å²) in [6, 6.07) is 13.5. The van der Waals surface area contributed by atoms with Gasteiger partial charge in [0.25, 0.3) is 0 Å². The lowest BCUT2D eigenvalue weighted by atomic mass is 10.1. The molecule has 1 aromatic heterocycles. The number of nitrogens with one attached hydrogen (secondary N) is 1. The third-order valence-electron chi connectivity index (χ3n) is 4.13. The van der Waals surface area contributed by atoms with Crippen molar-refractivity contribution in [3.8, 4) is 5.88 Å². The van der Waals surface area contributed by atoms with Gasteiger partial charge in [0.1, 0.15) is 0 Å². The molecule has 1 aromatic carbocycles. The van der Waals surface area contributed by atoms with Crippen LogP contribution >= 0.6 is 0 Å². The number of rotatable bonds is 5. The Labute approximate surface area is 147 Å². The van der Waals surface area contributed by atoms with Crippen LogP contribution in [-0.4, -0.2) is 42.3 Å². The second-order valence-corrected chi connectivity index (χ2v) is 5.75. The highest BCUT2D eigenvalue weighted by Crippen LogP contribution is 2.24. The molecule has 2 amide bonds. The fraction of sp³-hybridized carbons (Fsp3) is 0.368. The van der Waals surface area contributed by atoms with Crippen molar-refractivity contribution in [1.29, 1.82) is 0 Å². The van der Waals surface area contributed by atoms with E-state index in [1.807, 2.05) is 54.3 Å². The first-order valence-corrected chi connectivity index (χ1v) is 8.53. The summed E-state index contributed by atoms with van der Waals surface area (Å²) in [5.74, 6) is 0.562. The van der Waals surface area contributed by atoms with Gasteiger partial charge in [-0.2, -0.15) is 0 Å². The summed E-state index contributed by atoms with van der Waals surface area (Å²) in [6.07, 6.45) is 1.68. The number of morpholine rings is 1. The topological polar surface area (TPSA) is 63.7 Å². The van der Waals surface area contributed by atoms with Crippen LogP contribution in [0.2, 0.25) is 0 Å². The molecule has 0 radical (unpaired) electrons. The molecular formula is C19H23N3O3. The number of carbonyl (C=O) groups is 1. The summed E-state index contributed by atoms with van der Waals surface area (Å²) in [6.45, 7) is 4.45. The number of ether oxygens (including phenoxy) is 2. The molecule has 0 spiro atoms. The number of benzene rings is 1. The molecule has 2 aromatic rings. The summed E-state index contributed by atoms with van der Waals surface area (Å²) in [4.78, 5) is 18.8. The predicted molar refractivity (Wildman–Crippen MR) is 94.3 cm³/mol. The molecule has 2 heterocycles. The molecule has 0 bridgehead atoms. The van der Waals surface area contributed by atoms with Crippen LogP contribution in [0.4, 0.5) is 4.79 Å². The third-order valence-corrected chi connectivity index (χ3v) is 4.13. The van der Waals surface area contributed by atoms with E-state index in [2.05, 4.69) is 10.3 Å². The highest BCUT2D eigenvalue weighted by atomic mass is 16.5. The van der Waals surface area contributed by atoms with E-state index in [1.165, 1.54) is 0 Å². The zero-order valence-corrected chi connectivity index (χ0v) is 14.4. The minimum atomic E-state index is -0.108. The van der Waals surface area contributed by atoms with Crippen molar-refractivity contribution >= 4 is 6.03 Å². The lowest BCUT2D eigenvalue weighted by Gasteiger charge is -2.35. The zero-order chi connectivity index (χ0) is 17.5. The largest absolute Gasteiger partial charge is 0.478 e. The van der Waals surface area contributed by atoms with E-state index >= 15 is 0 Å². The number of urea groups is 1. The summed E-state index contributed by atoms with van der Waals surface area (Å²) < 4.78 is 11.1. The number of hydrogen-bond acceptors (Lipinski definition) is 4. The summed E-state index contributed by atoms with van der Waals surface area (Å²) in [7, 11) is 0.